The lowest BCUT2D eigenvalue weighted by atomic mass is 9.99. The summed E-state index contributed by atoms with van der Waals surface area (Å²) >= 11 is 0. The molecule has 0 bridgehead atoms. The van der Waals surface area contributed by atoms with Crippen molar-refractivity contribution in [1.82, 2.24) is 42.5 Å². The number of unbranched alkanes of at least 4 members (excludes halogenated alkanes) is 1. The molecule has 16 N–H and O–H groups in total. The molecule has 1 fully saturated rings. The molecule has 1 aromatic carbocycles. The van der Waals surface area contributed by atoms with Gasteiger partial charge in [-0.25, -0.2) is 0 Å². The molecule has 0 aliphatic carbocycles. The monoisotopic (exact) mass is 904 g/mol. The Morgan fingerprint density at radius 3 is 1.73 bits per heavy atom. The third-order valence-electron chi connectivity index (χ3n) is 10.4. The lowest BCUT2D eigenvalue weighted by molar-refractivity contribution is -0.137. The molecule has 0 saturated carbocycles. The van der Waals surface area contributed by atoms with Crippen LogP contribution in [-0.2, 0) is 44.8 Å². The fourth-order valence-electron chi connectivity index (χ4n) is 6.99. The van der Waals surface area contributed by atoms with Crippen LogP contribution in [0, 0.1) is 17.8 Å². The van der Waals surface area contributed by atoms with Crippen LogP contribution in [0.4, 0.5) is 0 Å². The number of carbonyl (C=O) groups is 8. The molecule has 1 aliphatic heterocycles. The average Bonchev–Trinajstić information content (AvgIpc) is 3.22. The first kappa shape index (κ1) is 54.9. The van der Waals surface area contributed by atoms with Gasteiger partial charge in [0, 0.05) is 0 Å². The van der Waals surface area contributed by atoms with E-state index in [-0.39, 0.29) is 56.4 Å². The van der Waals surface area contributed by atoms with Gasteiger partial charge in [0.15, 0.2) is 0 Å². The first-order valence-corrected chi connectivity index (χ1v) is 22.0. The summed E-state index contributed by atoms with van der Waals surface area (Å²) in [5.41, 5.74) is 18.6. The molecule has 1 aliphatic rings. The maximum atomic E-state index is 13.9. The molecular weight excluding hydrogens is 831 g/mol. The predicted molar refractivity (Wildman–Crippen MR) is 238 cm³/mol. The number of nitrogens with one attached hydrogen (secondary N) is 8. The van der Waals surface area contributed by atoms with Crippen LogP contribution in [0.3, 0.4) is 0 Å². The summed E-state index contributed by atoms with van der Waals surface area (Å²) in [5.74, 6) is -7.04. The summed E-state index contributed by atoms with van der Waals surface area (Å²) in [4.78, 5) is 109. The van der Waals surface area contributed by atoms with E-state index in [0.29, 0.717) is 12.8 Å². The van der Waals surface area contributed by atoms with E-state index in [1.165, 1.54) is 6.92 Å². The van der Waals surface area contributed by atoms with Crippen LogP contribution >= 0.6 is 0 Å². The summed E-state index contributed by atoms with van der Waals surface area (Å²) < 4.78 is 0. The molecule has 1 heterocycles. The molecule has 2 rings (SSSR count). The van der Waals surface area contributed by atoms with Crippen LogP contribution in [0.2, 0.25) is 0 Å². The Morgan fingerprint density at radius 1 is 0.672 bits per heavy atom. The van der Waals surface area contributed by atoms with Crippen LogP contribution in [-0.4, -0.2) is 131 Å². The van der Waals surface area contributed by atoms with Crippen molar-refractivity contribution < 1.29 is 48.6 Å². The molecule has 360 valence electrons. The van der Waals surface area contributed by atoms with Gasteiger partial charge in [-0.3, -0.25) is 38.4 Å². The number of hydrogen-bond donors (Lipinski definition) is 13. The van der Waals surface area contributed by atoms with Gasteiger partial charge in [0.1, 0.15) is 48.5 Å². The third-order valence-corrected chi connectivity index (χ3v) is 10.4. The highest BCUT2D eigenvalue weighted by Gasteiger charge is 2.40. The zero-order valence-electron chi connectivity index (χ0n) is 38.1. The number of aliphatic hydroxyl groups excluding tert-OH is 2. The minimum absolute atomic E-state index is 0.0367. The van der Waals surface area contributed by atoms with E-state index in [9.17, 15) is 48.6 Å². The Labute approximate surface area is 375 Å². The summed E-state index contributed by atoms with van der Waals surface area (Å²) in [5, 5.41) is 41.4. The van der Waals surface area contributed by atoms with Crippen molar-refractivity contribution in [3.05, 3.63) is 35.9 Å². The quantitative estimate of drug-likeness (QED) is 0.0408. The maximum absolute atomic E-state index is 13.9. The molecule has 8 amide bonds. The number of carbonyl (C=O) groups excluding carboxylic acids is 8. The first-order valence-electron chi connectivity index (χ1n) is 22.0. The van der Waals surface area contributed by atoms with Gasteiger partial charge in [-0.1, -0.05) is 71.9 Å². The number of rotatable bonds is 22. The van der Waals surface area contributed by atoms with Gasteiger partial charge in [0.05, 0.1) is 18.7 Å². The highest BCUT2D eigenvalue weighted by molar-refractivity contribution is 5.98. The Morgan fingerprint density at radius 2 is 1.20 bits per heavy atom. The highest BCUT2D eigenvalue weighted by atomic mass is 16.3. The normalized spacial score (nSPS) is 22.2. The lowest BCUT2D eigenvalue weighted by Crippen LogP contribution is -2.68. The SMILES string of the molecule is CC(C)C[C@@H]1NC(=O)[C@H](C)NC(=O)C(NC(=O)[C@H](CO)NC(=O)[C@@H](CCCCN)NC(=O)[C@@H](CC(C)C)NC(=O)[C@@H](N)Cc2ccccc2)[C@H](C(N)O)NC(=O)[C@H](CC(C)C)NC1=O. The first-order chi connectivity index (χ1) is 30.1. The van der Waals surface area contributed by atoms with Crippen molar-refractivity contribution in [3.63, 3.8) is 0 Å². The van der Waals surface area contributed by atoms with E-state index in [0.717, 1.165) is 5.56 Å². The van der Waals surface area contributed by atoms with Gasteiger partial charge < -0.3 is 69.9 Å². The fraction of sp³-hybridized carbons (Fsp3) is 0.674. The van der Waals surface area contributed by atoms with Crippen LogP contribution in [0.1, 0.15) is 92.6 Å². The van der Waals surface area contributed by atoms with Crippen LogP contribution in [0.15, 0.2) is 30.3 Å². The Bertz CT molecular complexity index is 1710. The Balaban J connectivity index is 2.42. The molecule has 1 aromatic rings. The van der Waals surface area contributed by atoms with E-state index in [1.54, 1.807) is 13.8 Å². The fourth-order valence-corrected chi connectivity index (χ4v) is 6.99. The van der Waals surface area contributed by atoms with Gasteiger partial charge in [0.25, 0.3) is 0 Å². The average molecular weight is 904 g/mol. The standard InChI is InChI=1S/C43H73N11O10/c1-22(2)17-29-40(61)51-31(19-24(5)6)41(62)53-33(35(46)56)34(43(64)47-25(7)36(57)49-29)54-42(63)32(21-55)52-38(59)28(15-11-12-16-44)48-39(60)30(18-23(3)4)50-37(58)27(45)20-26-13-9-8-10-14-26/h8-10,13-14,22-25,27-35,55-56H,11-12,15-21,44-46H2,1-7H3,(H,47,64)(H,48,60)(H,49,57)(H,50,58)(H,51,61)(H,52,59)(H,53,62)(H,54,63)/t25-,27-,28+,29-,30+,31-,32-,33+,34?,35?/m0/s1. The molecule has 0 aromatic heterocycles. The number of amides is 8. The van der Waals surface area contributed by atoms with Gasteiger partial charge in [-0.2, -0.15) is 0 Å². The van der Waals surface area contributed by atoms with E-state index < -0.39 is 114 Å². The molecule has 10 atom stereocenters. The van der Waals surface area contributed by atoms with E-state index in [4.69, 9.17) is 17.2 Å². The number of benzene rings is 1. The van der Waals surface area contributed by atoms with Crippen LogP contribution < -0.4 is 59.7 Å². The smallest absolute Gasteiger partial charge is 0.245 e. The number of nitrogens with two attached hydrogens (primary N) is 3. The summed E-state index contributed by atoms with van der Waals surface area (Å²) in [7, 11) is 0. The van der Waals surface area contributed by atoms with Crippen molar-refractivity contribution in [2.45, 2.75) is 154 Å². The second-order valence-corrected chi connectivity index (χ2v) is 17.7. The van der Waals surface area contributed by atoms with Gasteiger partial charge >= 0.3 is 0 Å². The number of hydrogen-bond acceptors (Lipinski definition) is 13. The zero-order chi connectivity index (χ0) is 48.3. The van der Waals surface area contributed by atoms with Crippen molar-refractivity contribution >= 4 is 47.3 Å². The topological polar surface area (TPSA) is 351 Å². The third kappa shape index (κ3) is 18.5. The molecular formula is C43H73N11O10. The summed E-state index contributed by atoms with van der Waals surface area (Å²) in [6, 6.07) is -3.41. The van der Waals surface area contributed by atoms with Gasteiger partial charge in [0.2, 0.25) is 47.3 Å². The summed E-state index contributed by atoms with van der Waals surface area (Å²) in [6.45, 7) is 11.5. The van der Waals surface area contributed by atoms with E-state index in [2.05, 4.69) is 42.5 Å². The van der Waals surface area contributed by atoms with Crippen molar-refractivity contribution in [2.24, 2.45) is 35.0 Å². The van der Waals surface area contributed by atoms with E-state index >= 15 is 0 Å². The molecule has 64 heavy (non-hydrogen) atoms. The molecule has 21 nitrogen and oxygen atoms in total. The molecule has 1 saturated heterocycles. The summed E-state index contributed by atoms with van der Waals surface area (Å²) in [6.07, 6.45) is -0.472. The Kier molecular flexibility index (Phi) is 23.3. The van der Waals surface area contributed by atoms with Crippen molar-refractivity contribution in [1.29, 1.82) is 0 Å². The lowest BCUT2D eigenvalue weighted by Gasteiger charge is -2.33. The predicted octanol–water partition coefficient (Wildman–Crippen LogP) is -3.00. The van der Waals surface area contributed by atoms with E-state index in [1.807, 2.05) is 58.0 Å². The van der Waals surface area contributed by atoms with Gasteiger partial charge in [-0.15, -0.1) is 0 Å². The second kappa shape index (κ2) is 27.2. The maximum Gasteiger partial charge on any atom is 0.245 e. The minimum Gasteiger partial charge on any atom is -0.394 e. The molecule has 0 spiro atoms. The molecule has 2 unspecified atom stereocenters. The molecule has 0 radical (unpaired) electrons. The Hall–Kier alpha value is -5.22. The van der Waals surface area contributed by atoms with Crippen molar-refractivity contribution in [2.75, 3.05) is 13.2 Å². The van der Waals surface area contributed by atoms with Gasteiger partial charge in [-0.05, 0) is 81.7 Å². The van der Waals surface area contributed by atoms with Crippen molar-refractivity contribution in [3.8, 4) is 0 Å². The number of aliphatic hydroxyl groups is 2. The highest BCUT2D eigenvalue weighted by Crippen LogP contribution is 2.13. The second-order valence-electron chi connectivity index (χ2n) is 17.7. The van der Waals surface area contributed by atoms with Crippen LogP contribution in [0.25, 0.3) is 0 Å². The largest absolute Gasteiger partial charge is 0.394 e. The van der Waals surface area contributed by atoms with Crippen LogP contribution in [0.5, 0.6) is 0 Å². The zero-order valence-corrected chi connectivity index (χ0v) is 38.1. The molecule has 21 heteroatoms. The minimum atomic E-state index is -2.02.